The molecule has 1 aromatic rings. The number of rotatable bonds is 5. The van der Waals surface area contributed by atoms with Gasteiger partial charge in [0.1, 0.15) is 0 Å². The average Bonchev–Trinajstić information content (AvgIpc) is 3.21. The molecule has 0 aromatic heterocycles. The van der Waals surface area contributed by atoms with Crippen molar-refractivity contribution in [1.29, 1.82) is 0 Å². The lowest BCUT2D eigenvalue weighted by atomic mass is 10.1. The smallest absolute Gasteiger partial charge is 0.225 e. The van der Waals surface area contributed by atoms with Crippen molar-refractivity contribution in [3.05, 3.63) is 29.8 Å². The summed E-state index contributed by atoms with van der Waals surface area (Å²) in [5.74, 6) is -1.74. The molecule has 2 amide bonds. The average molecular weight is 351 g/mol. The maximum atomic E-state index is 13.4. The van der Waals surface area contributed by atoms with E-state index >= 15 is 0 Å². The fourth-order valence-corrected chi connectivity index (χ4v) is 3.56. The Hall–Kier alpha value is -2.18. The number of hydrogen-bond acceptors (Lipinski definition) is 3. The van der Waals surface area contributed by atoms with Crippen LogP contribution in [0.3, 0.4) is 0 Å². The van der Waals surface area contributed by atoms with Crippen molar-refractivity contribution in [3.63, 3.8) is 0 Å². The highest BCUT2D eigenvalue weighted by Gasteiger charge is 2.33. The summed E-state index contributed by atoms with van der Waals surface area (Å²) in [5.41, 5.74) is 0.660. The van der Waals surface area contributed by atoms with Gasteiger partial charge < -0.3 is 15.1 Å². The molecule has 0 aliphatic carbocycles. The molecule has 136 valence electrons. The fourth-order valence-electron chi connectivity index (χ4n) is 3.56. The van der Waals surface area contributed by atoms with Crippen molar-refractivity contribution in [2.75, 3.05) is 37.6 Å². The van der Waals surface area contributed by atoms with Crippen LogP contribution in [0.2, 0.25) is 0 Å². The highest BCUT2D eigenvalue weighted by molar-refractivity contribution is 5.89. The predicted octanol–water partition coefficient (Wildman–Crippen LogP) is 1.78. The molecule has 0 bridgehead atoms. The Morgan fingerprint density at radius 2 is 2.08 bits per heavy atom. The van der Waals surface area contributed by atoms with Crippen molar-refractivity contribution in [3.8, 4) is 0 Å². The molecule has 1 aromatic carbocycles. The molecular formula is C18H23F2N3O2. The summed E-state index contributed by atoms with van der Waals surface area (Å²) in [6, 6.07) is 3.92. The minimum atomic E-state index is -0.848. The quantitative estimate of drug-likeness (QED) is 0.880. The molecule has 0 saturated carbocycles. The van der Waals surface area contributed by atoms with Crippen LogP contribution in [0.4, 0.5) is 14.5 Å². The standard InChI is InChI=1S/C18H23F2N3O2/c1-2-22-11-13(7-17(22)24)18(25)21-9-12-5-6-23(10-12)14-3-4-15(19)16(20)8-14/h3-4,8,12-13H,2,5-7,9-11H2,1H3,(H,21,25)/t12-,13-/m0/s1. The fraction of sp³-hybridized carbons (Fsp3) is 0.556. The van der Waals surface area contributed by atoms with Crippen molar-refractivity contribution < 1.29 is 18.4 Å². The van der Waals surface area contributed by atoms with Gasteiger partial charge in [-0.15, -0.1) is 0 Å². The summed E-state index contributed by atoms with van der Waals surface area (Å²) < 4.78 is 26.4. The van der Waals surface area contributed by atoms with Gasteiger partial charge in [-0.05, 0) is 31.4 Å². The zero-order valence-corrected chi connectivity index (χ0v) is 14.3. The number of likely N-dealkylation sites (tertiary alicyclic amines) is 1. The third kappa shape index (κ3) is 3.91. The maximum absolute atomic E-state index is 13.4. The van der Waals surface area contributed by atoms with Crippen molar-refractivity contribution in [2.45, 2.75) is 19.8 Å². The van der Waals surface area contributed by atoms with Gasteiger partial charge in [-0.3, -0.25) is 9.59 Å². The van der Waals surface area contributed by atoms with E-state index in [1.807, 2.05) is 11.8 Å². The molecule has 2 fully saturated rings. The minimum Gasteiger partial charge on any atom is -0.371 e. The number of amides is 2. The third-order valence-electron chi connectivity index (χ3n) is 5.09. The van der Waals surface area contributed by atoms with E-state index in [0.29, 0.717) is 31.9 Å². The number of carbonyl (C=O) groups excluding carboxylic acids is 2. The van der Waals surface area contributed by atoms with E-state index in [1.54, 1.807) is 11.0 Å². The van der Waals surface area contributed by atoms with Crippen LogP contribution < -0.4 is 10.2 Å². The molecule has 2 saturated heterocycles. The molecule has 25 heavy (non-hydrogen) atoms. The highest BCUT2D eigenvalue weighted by atomic mass is 19.2. The van der Waals surface area contributed by atoms with Gasteiger partial charge in [0.2, 0.25) is 11.8 Å². The van der Waals surface area contributed by atoms with Crippen LogP contribution in [0, 0.1) is 23.5 Å². The van der Waals surface area contributed by atoms with E-state index < -0.39 is 11.6 Å². The van der Waals surface area contributed by atoms with Gasteiger partial charge in [-0.1, -0.05) is 0 Å². The Labute approximate surface area is 146 Å². The van der Waals surface area contributed by atoms with Crippen LogP contribution in [0.5, 0.6) is 0 Å². The van der Waals surface area contributed by atoms with Gasteiger partial charge in [0.15, 0.2) is 11.6 Å². The lowest BCUT2D eigenvalue weighted by Gasteiger charge is -2.19. The van der Waals surface area contributed by atoms with E-state index in [4.69, 9.17) is 0 Å². The molecule has 2 heterocycles. The molecule has 2 aliphatic heterocycles. The monoisotopic (exact) mass is 351 g/mol. The van der Waals surface area contributed by atoms with Gasteiger partial charge in [0.25, 0.3) is 0 Å². The molecule has 2 atom stereocenters. The molecule has 0 unspecified atom stereocenters. The lowest BCUT2D eigenvalue weighted by Crippen LogP contribution is -2.36. The number of carbonyl (C=O) groups is 2. The number of hydrogen-bond donors (Lipinski definition) is 1. The largest absolute Gasteiger partial charge is 0.371 e. The first-order valence-electron chi connectivity index (χ1n) is 8.73. The normalized spacial score (nSPS) is 23.4. The molecule has 0 radical (unpaired) electrons. The Balaban J connectivity index is 1.48. The second-order valence-electron chi connectivity index (χ2n) is 6.78. The van der Waals surface area contributed by atoms with Gasteiger partial charge in [0, 0.05) is 50.9 Å². The van der Waals surface area contributed by atoms with Crippen LogP contribution in [-0.2, 0) is 9.59 Å². The van der Waals surface area contributed by atoms with E-state index in [1.165, 1.54) is 6.07 Å². The zero-order valence-electron chi connectivity index (χ0n) is 14.3. The molecule has 2 aliphatic rings. The van der Waals surface area contributed by atoms with Gasteiger partial charge in [-0.2, -0.15) is 0 Å². The van der Waals surface area contributed by atoms with Crippen LogP contribution in [0.15, 0.2) is 18.2 Å². The molecular weight excluding hydrogens is 328 g/mol. The Morgan fingerprint density at radius 1 is 1.28 bits per heavy atom. The first kappa shape index (κ1) is 17.6. The molecule has 7 heteroatoms. The summed E-state index contributed by atoms with van der Waals surface area (Å²) in [4.78, 5) is 27.7. The second kappa shape index (κ2) is 7.37. The summed E-state index contributed by atoms with van der Waals surface area (Å²) in [6.07, 6.45) is 1.16. The topological polar surface area (TPSA) is 52.7 Å². The van der Waals surface area contributed by atoms with Crippen LogP contribution >= 0.6 is 0 Å². The van der Waals surface area contributed by atoms with Crippen LogP contribution in [-0.4, -0.2) is 49.4 Å². The Morgan fingerprint density at radius 3 is 2.76 bits per heavy atom. The van der Waals surface area contributed by atoms with E-state index in [9.17, 15) is 18.4 Å². The molecule has 0 spiro atoms. The highest BCUT2D eigenvalue weighted by Crippen LogP contribution is 2.25. The molecule has 1 N–H and O–H groups in total. The van der Waals surface area contributed by atoms with Crippen molar-refractivity contribution in [1.82, 2.24) is 10.2 Å². The zero-order chi connectivity index (χ0) is 18.0. The molecule has 5 nitrogen and oxygen atoms in total. The number of nitrogens with zero attached hydrogens (tertiary/aromatic N) is 2. The Kier molecular flexibility index (Phi) is 5.20. The summed E-state index contributed by atoms with van der Waals surface area (Å²) in [7, 11) is 0. The summed E-state index contributed by atoms with van der Waals surface area (Å²) in [5, 5.41) is 2.95. The first-order valence-corrected chi connectivity index (χ1v) is 8.73. The van der Waals surface area contributed by atoms with E-state index in [-0.39, 0.29) is 30.1 Å². The van der Waals surface area contributed by atoms with E-state index in [0.717, 1.165) is 19.0 Å². The maximum Gasteiger partial charge on any atom is 0.225 e. The van der Waals surface area contributed by atoms with Gasteiger partial charge in [0.05, 0.1) is 5.92 Å². The van der Waals surface area contributed by atoms with E-state index in [2.05, 4.69) is 5.32 Å². The van der Waals surface area contributed by atoms with Crippen molar-refractivity contribution in [2.24, 2.45) is 11.8 Å². The second-order valence-corrected chi connectivity index (χ2v) is 6.78. The van der Waals surface area contributed by atoms with Crippen molar-refractivity contribution >= 4 is 17.5 Å². The summed E-state index contributed by atoms with van der Waals surface area (Å²) >= 11 is 0. The minimum absolute atomic E-state index is 0.0352. The van der Waals surface area contributed by atoms with Gasteiger partial charge >= 0.3 is 0 Å². The van der Waals surface area contributed by atoms with Crippen LogP contribution in [0.1, 0.15) is 19.8 Å². The SMILES string of the molecule is CCN1C[C@@H](C(=O)NC[C@@H]2CCN(c3ccc(F)c(F)c3)C2)CC1=O. The number of nitrogens with one attached hydrogen (secondary N) is 1. The molecule has 3 rings (SSSR count). The number of benzene rings is 1. The number of anilines is 1. The predicted molar refractivity (Wildman–Crippen MR) is 90.0 cm³/mol. The third-order valence-corrected chi connectivity index (χ3v) is 5.09. The Bertz CT molecular complexity index is 668. The number of halogens is 2. The lowest BCUT2D eigenvalue weighted by molar-refractivity contribution is -0.128. The summed E-state index contributed by atoms with van der Waals surface area (Å²) in [6.45, 7) is 5.01. The van der Waals surface area contributed by atoms with Crippen LogP contribution in [0.25, 0.3) is 0 Å². The van der Waals surface area contributed by atoms with Gasteiger partial charge in [-0.25, -0.2) is 8.78 Å². The first-order chi connectivity index (χ1) is 12.0.